The molecular formula is C14H20N2O3. The average Bonchev–Trinajstić information content (AvgIpc) is 2.39. The molecule has 0 aliphatic carbocycles. The first-order valence-electron chi connectivity index (χ1n) is 6.44. The fourth-order valence-corrected chi connectivity index (χ4v) is 1.73. The second-order valence-electron chi connectivity index (χ2n) is 4.79. The highest BCUT2D eigenvalue weighted by molar-refractivity contribution is 5.93. The molecule has 0 aliphatic rings. The smallest absolute Gasteiger partial charge is 0.306 e. The molecule has 5 nitrogen and oxygen atoms in total. The number of pyridine rings is 1. The summed E-state index contributed by atoms with van der Waals surface area (Å²) in [6.07, 6.45) is 5.32. The van der Waals surface area contributed by atoms with Crippen molar-refractivity contribution in [1.82, 2.24) is 10.3 Å². The predicted molar refractivity (Wildman–Crippen MR) is 71.8 cm³/mol. The van der Waals surface area contributed by atoms with Gasteiger partial charge in [-0.2, -0.15) is 0 Å². The molecule has 1 aromatic rings. The van der Waals surface area contributed by atoms with Crippen LogP contribution in [0.3, 0.4) is 0 Å². The number of amides is 1. The van der Waals surface area contributed by atoms with E-state index in [0.717, 1.165) is 12.8 Å². The molecular weight excluding hydrogens is 244 g/mol. The fourth-order valence-electron chi connectivity index (χ4n) is 1.73. The SMILES string of the molecule is CC(CCCC(C)C(=O)O)NC(=O)c1cccnc1. The number of hydrogen-bond acceptors (Lipinski definition) is 3. The van der Waals surface area contributed by atoms with Crippen LogP contribution in [0.2, 0.25) is 0 Å². The van der Waals surface area contributed by atoms with Gasteiger partial charge in [-0.25, -0.2) is 0 Å². The highest BCUT2D eigenvalue weighted by atomic mass is 16.4. The second-order valence-corrected chi connectivity index (χ2v) is 4.79. The zero-order valence-corrected chi connectivity index (χ0v) is 11.3. The van der Waals surface area contributed by atoms with Crippen LogP contribution < -0.4 is 5.32 Å². The number of carboxylic acids is 1. The Morgan fingerprint density at radius 1 is 1.37 bits per heavy atom. The van der Waals surface area contributed by atoms with Crippen LogP contribution in [0.15, 0.2) is 24.5 Å². The lowest BCUT2D eigenvalue weighted by Gasteiger charge is -2.14. The van der Waals surface area contributed by atoms with E-state index in [0.29, 0.717) is 12.0 Å². The lowest BCUT2D eigenvalue weighted by atomic mass is 10.0. The number of carbonyl (C=O) groups is 2. The maximum atomic E-state index is 11.8. The van der Waals surface area contributed by atoms with Crippen molar-refractivity contribution >= 4 is 11.9 Å². The summed E-state index contributed by atoms with van der Waals surface area (Å²) in [4.78, 5) is 26.4. The molecule has 0 spiro atoms. The van der Waals surface area contributed by atoms with E-state index in [2.05, 4.69) is 10.3 Å². The quantitative estimate of drug-likeness (QED) is 0.790. The summed E-state index contributed by atoms with van der Waals surface area (Å²) in [5, 5.41) is 11.6. The van der Waals surface area contributed by atoms with Crippen LogP contribution in [0.1, 0.15) is 43.5 Å². The summed E-state index contributed by atoms with van der Waals surface area (Å²) in [5.74, 6) is -1.25. The van der Waals surface area contributed by atoms with Crippen molar-refractivity contribution in [2.45, 2.75) is 39.2 Å². The van der Waals surface area contributed by atoms with Crippen LogP contribution in [0, 0.1) is 5.92 Å². The number of aliphatic carboxylic acids is 1. The summed E-state index contributed by atoms with van der Waals surface area (Å²) in [6, 6.07) is 3.45. The van der Waals surface area contributed by atoms with Crippen LogP contribution in [-0.2, 0) is 4.79 Å². The number of hydrogen-bond donors (Lipinski definition) is 2. The molecule has 1 rings (SSSR count). The summed E-state index contributed by atoms with van der Waals surface area (Å²) >= 11 is 0. The molecule has 19 heavy (non-hydrogen) atoms. The number of aromatic nitrogens is 1. The first-order chi connectivity index (χ1) is 9.00. The van der Waals surface area contributed by atoms with Crippen LogP contribution in [-0.4, -0.2) is 28.0 Å². The van der Waals surface area contributed by atoms with Gasteiger partial charge in [0.2, 0.25) is 0 Å². The molecule has 0 saturated carbocycles. The average molecular weight is 264 g/mol. The number of carboxylic acid groups (broad SMARTS) is 1. The Balaban J connectivity index is 2.30. The van der Waals surface area contributed by atoms with Gasteiger partial charge in [0.25, 0.3) is 5.91 Å². The molecule has 2 N–H and O–H groups in total. The molecule has 0 aliphatic heterocycles. The Morgan fingerprint density at radius 2 is 2.11 bits per heavy atom. The van der Waals surface area contributed by atoms with E-state index in [1.54, 1.807) is 25.3 Å². The Bertz CT molecular complexity index is 420. The van der Waals surface area contributed by atoms with Gasteiger partial charge in [0.05, 0.1) is 11.5 Å². The number of carbonyl (C=O) groups excluding carboxylic acids is 1. The third-order valence-electron chi connectivity index (χ3n) is 3.00. The van der Waals surface area contributed by atoms with Crippen molar-refractivity contribution in [2.75, 3.05) is 0 Å². The molecule has 0 bridgehead atoms. The van der Waals surface area contributed by atoms with E-state index in [1.165, 1.54) is 6.20 Å². The predicted octanol–water partition coefficient (Wildman–Crippen LogP) is 2.09. The summed E-state index contributed by atoms with van der Waals surface area (Å²) in [7, 11) is 0. The van der Waals surface area contributed by atoms with E-state index in [-0.39, 0.29) is 17.9 Å². The van der Waals surface area contributed by atoms with Gasteiger partial charge in [0.1, 0.15) is 0 Å². The van der Waals surface area contributed by atoms with Gasteiger partial charge in [0.15, 0.2) is 0 Å². The molecule has 104 valence electrons. The van der Waals surface area contributed by atoms with E-state index in [9.17, 15) is 9.59 Å². The molecule has 1 aromatic heterocycles. The third kappa shape index (κ3) is 5.50. The summed E-state index contributed by atoms with van der Waals surface area (Å²) < 4.78 is 0. The Hall–Kier alpha value is -1.91. The third-order valence-corrected chi connectivity index (χ3v) is 3.00. The first kappa shape index (κ1) is 15.1. The Labute approximate surface area is 113 Å². The molecule has 1 heterocycles. The minimum Gasteiger partial charge on any atom is -0.481 e. The maximum absolute atomic E-state index is 11.8. The topological polar surface area (TPSA) is 79.3 Å². The van der Waals surface area contributed by atoms with Gasteiger partial charge in [0, 0.05) is 18.4 Å². The Morgan fingerprint density at radius 3 is 2.68 bits per heavy atom. The second kappa shape index (κ2) is 7.51. The minimum absolute atomic E-state index is 0.0219. The number of nitrogens with zero attached hydrogens (tertiary/aromatic N) is 1. The van der Waals surface area contributed by atoms with Gasteiger partial charge in [-0.3, -0.25) is 14.6 Å². The van der Waals surface area contributed by atoms with Crippen LogP contribution in [0.5, 0.6) is 0 Å². The largest absolute Gasteiger partial charge is 0.481 e. The molecule has 0 fully saturated rings. The molecule has 1 amide bonds. The van der Waals surface area contributed by atoms with Crippen molar-refractivity contribution in [3.63, 3.8) is 0 Å². The molecule has 2 unspecified atom stereocenters. The lowest BCUT2D eigenvalue weighted by Crippen LogP contribution is -2.32. The Kier molecular flexibility index (Phi) is 5.99. The minimum atomic E-state index is -0.771. The van der Waals surface area contributed by atoms with Crippen molar-refractivity contribution in [3.8, 4) is 0 Å². The van der Waals surface area contributed by atoms with Crippen LogP contribution >= 0.6 is 0 Å². The van der Waals surface area contributed by atoms with Gasteiger partial charge >= 0.3 is 5.97 Å². The van der Waals surface area contributed by atoms with Gasteiger partial charge in [-0.05, 0) is 31.9 Å². The van der Waals surface area contributed by atoms with Crippen molar-refractivity contribution in [2.24, 2.45) is 5.92 Å². The summed E-state index contributed by atoms with van der Waals surface area (Å²) in [6.45, 7) is 3.61. The normalized spacial score (nSPS) is 13.6. The first-order valence-corrected chi connectivity index (χ1v) is 6.44. The lowest BCUT2D eigenvalue weighted by molar-refractivity contribution is -0.141. The fraction of sp³-hybridized carbons (Fsp3) is 0.500. The number of rotatable bonds is 7. The molecule has 0 saturated heterocycles. The van der Waals surface area contributed by atoms with Crippen molar-refractivity contribution < 1.29 is 14.7 Å². The molecule has 2 atom stereocenters. The molecule has 0 radical (unpaired) electrons. The van der Waals surface area contributed by atoms with E-state index < -0.39 is 5.97 Å². The van der Waals surface area contributed by atoms with Crippen molar-refractivity contribution in [3.05, 3.63) is 30.1 Å². The van der Waals surface area contributed by atoms with E-state index in [1.807, 2.05) is 6.92 Å². The number of nitrogens with one attached hydrogen (secondary N) is 1. The van der Waals surface area contributed by atoms with E-state index >= 15 is 0 Å². The standard InChI is InChI=1S/C14H20N2O3/c1-10(14(18)19)5-3-6-11(2)16-13(17)12-7-4-8-15-9-12/h4,7-11H,3,5-6H2,1-2H3,(H,16,17)(H,18,19). The highest BCUT2D eigenvalue weighted by Gasteiger charge is 2.13. The van der Waals surface area contributed by atoms with Crippen molar-refractivity contribution in [1.29, 1.82) is 0 Å². The van der Waals surface area contributed by atoms with Gasteiger partial charge in [-0.15, -0.1) is 0 Å². The highest BCUT2D eigenvalue weighted by Crippen LogP contribution is 2.10. The molecule has 0 aromatic carbocycles. The molecule has 5 heteroatoms. The van der Waals surface area contributed by atoms with Gasteiger partial charge < -0.3 is 10.4 Å². The zero-order valence-electron chi connectivity index (χ0n) is 11.3. The van der Waals surface area contributed by atoms with Crippen LogP contribution in [0.25, 0.3) is 0 Å². The van der Waals surface area contributed by atoms with E-state index in [4.69, 9.17) is 5.11 Å². The maximum Gasteiger partial charge on any atom is 0.306 e. The summed E-state index contributed by atoms with van der Waals surface area (Å²) in [5.41, 5.74) is 0.535. The van der Waals surface area contributed by atoms with Gasteiger partial charge in [-0.1, -0.05) is 13.3 Å². The monoisotopic (exact) mass is 264 g/mol. The van der Waals surface area contributed by atoms with Crippen LogP contribution in [0.4, 0.5) is 0 Å². The zero-order chi connectivity index (χ0) is 14.3.